The molecule has 88 valence electrons. The largest absolute Gasteiger partial charge is 0.310 e. The maximum absolute atomic E-state index is 3.69. The second-order valence-electron chi connectivity index (χ2n) is 4.58. The van der Waals surface area contributed by atoms with Gasteiger partial charge in [-0.1, -0.05) is 31.2 Å². The predicted octanol–water partition coefficient (Wildman–Crippen LogP) is 3.41. The second-order valence-corrected chi connectivity index (χ2v) is 5.86. The molecule has 0 saturated carbocycles. The Kier molecular flexibility index (Phi) is 4.30. The maximum Gasteiger partial charge on any atom is 0.0326 e. The molecule has 0 fully saturated rings. The van der Waals surface area contributed by atoms with Gasteiger partial charge in [-0.15, -0.1) is 0 Å². The van der Waals surface area contributed by atoms with Gasteiger partial charge < -0.3 is 5.32 Å². The van der Waals surface area contributed by atoms with Crippen molar-refractivity contribution in [3.05, 3.63) is 35.4 Å². The van der Waals surface area contributed by atoms with E-state index in [-0.39, 0.29) is 0 Å². The van der Waals surface area contributed by atoms with Gasteiger partial charge in [-0.25, -0.2) is 0 Å². The number of aryl methyl sites for hydroxylation is 1. The van der Waals surface area contributed by atoms with E-state index in [1.807, 2.05) is 11.8 Å². The molecule has 2 atom stereocenters. The Hall–Kier alpha value is -0.470. The first-order valence-corrected chi connectivity index (χ1v) is 7.44. The van der Waals surface area contributed by atoms with Gasteiger partial charge in [0.15, 0.2) is 0 Å². The summed E-state index contributed by atoms with van der Waals surface area (Å²) in [5.41, 5.74) is 3.07. The molecular formula is C14H21NS. The highest BCUT2D eigenvalue weighted by Crippen LogP contribution is 2.30. The molecule has 0 aliphatic heterocycles. The summed E-state index contributed by atoms with van der Waals surface area (Å²) in [5.74, 6) is 0. The van der Waals surface area contributed by atoms with Gasteiger partial charge in [0.2, 0.25) is 0 Å². The molecule has 1 aromatic rings. The first-order valence-electron chi connectivity index (χ1n) is 6.15. The lowest BCUT2D eigenvalue weighted by atomic mass is 10.1. The Bertz CT molecular complexity index is 337. The van der Waals surface area contributed by atoms with Gasteiger partial charge in [0.25, 0.3) is 0 Å². The molecular weight excluding hydrogens is 214 g/mol. The van der Waals surface area contributed by atoms with E-state index in [2.05, 4.69) is 42.8 Å². The summed E-state index contributed by atoms with van der Waals surface area (Å²) in [6, 6.07) is 9.45. The van der Waals surface area contributed by atoms with Crippen molar-refractivity contribution in [1.29, 1.82) is 0 Å². The number of benzene rings is 1. The van der Waals surface area contributed by atoms with E-state index in [0.717, 1.165) is 11.8 Å². The van der Waals surface area contributed by atoms with Crippen molar-refractivity contribution in [3.63, 3.8) is 0 Å². The van der Waals surface area contributed by atoms with Gasteiger partial charge >= 0.3 is 0 Å². The molecule has 0 bridgehead atoms. The third kappa shape index (κ3) is 2.80. The summed E-state index contributed by atoms with van der Waals surface area (Å²) >= 11 is 1.95. The summed E-state index contributed by atoms with van der Waals surface area (Å²) < 4.78 is 0. The minimum Gasteiger partial charge on any atom is -0.310 e. The predicted molar refractivity (Wildman–Crippen MR) is 73.1 cm³/mol. The molecule has 0 spiro atoms. The smallest absolute Gasteiger partial charge is 0.0326 e. The van der Waals surface area contributed by atoms with Gasteiger partial charge in [0.05, 0.1) is 0 Å². The number of rotatable bonds is 5. The Morgan fingerprint density at radius 2 is 2.25 bits per heavy atom. The van der Waals surface area contributed by atoms with Crippen LogP contribution in [-0.2, 0) is 6.42 Å². The van der Waals surface area contributed by atoms with Crippen molar-refractivity contribution in [2.75, 3.05) is 12.8 Å². The van der Waals surface area contributed by atoms with E-state index in [1.54, 1.807) is 0 Å². The van der Waals surface area contributed by atoms with E-state index in [4.69, 9.17) is 0 Å². The van der Waals surface area contributed by atoms with Gasteiger partial charge in [-0.05, 0) is 43.2 Å². The molecule has 0 amide bonds. The SMILES string of the molecule is CSC(C)CCNC1CCc2ccccc21. The Morgan fingerprint density at radius 3 is 3.06 bits per heavy atom. The molecule has 1 N–H and O–H groups in total. The van der Waals surface area contributed by atoms with Crippen LogP contribution in [0.3, 0.4) is 0 Å². The fourth-order valence-corrected chi connectivity index (χ4v) is 2.70. The van der Waals surface area contributed by atoms with Crippen molar-refractivity contribution >= 4 is 11.8 Å². The normalized spacial score (nSPS) is 20.8. The van der Waals surface area contributed by atoms with Crippen LogP contribution < -0.4 is 5.32 Å². The topological polar surface area (TPSA) is 12.0 Å². The maximum atomic E-state index is 3.69. The van der Waals surface area contributed by atoms with Crippen LogP contribution in [0, 0.1) is 0 Å². The minimum atomic E-state index is 0.602. The summed E-state index contributed by atoms with van der Waals surface area (Å²) in [4.78, 5) is 0. The van der Waals surface area contributed by atoms with E-state index in [9.17, 15) is 0 Å². The summed E-state index contributed by atoms with van der Waals surface area (Å²) in [7, 11) is 0. The van der Waals surface area contributed by atoms with Crippen LogP contribution in [-0.4, -0.2) is 18.1 Å². The monoisotopic (exact) mass is 235 g/mol. The molecule has 0 saturated heterocycles. The average molecular weight is 235 g/mol. The van der Waals surface area contributed by atoms with E-state index >= 15 is 0 Å². The first kappa shape index (κ1) is 12.0. The van der Waals surface area contributed by atoms with Crippen molar-refractivity contribution in [2.24, 2.45) is 0 Å². The summed E-state index contributed by atoms with van der Waals surface area (Å²) in [6.07, 6.45) is 5.97. The van der Waals surface area contributed by atoms with Crippen molar-refractivity contribution in [2.45, 2.75) is 37.5 Å². The first-order chi connectivity index (χ1) is 7.81. The van der Waals surface area contributed by atoms with Crippen LogP contribution in [0.5, 0.6) is 0 Å². The number of nitrogens with one attached hydrogen (secondary N) is 1. The number of fused-ring (bicyclic) bond motifs is 1. The molecule has 16 heavy (non-hydrogen) atoms. The molecule has 0 radical (unpaired) electrons. The Balaban J connectivity index is 1.84. The Morgan fingerprint density at radius 1 is 1.44 bits per heavy atom. The van der Waals surface area contributed by atoms with Gasteiger partial charge in [0.1, 0.15) is 0 Å². The van der Waals surface area contributed by atoms with Crippen LogP contribution in [0.2, 0.25) is 0 Å². The lowest BCUT2D eigenvalue weighted by Gasteiger charge is -2.15. The molecule has 2 unspecified atom stereocenters. The minimum absolute atomic E-state index is 0.602. The fourth-order valence-electron chi connectivity index (χ4n) is 2.35. The third-order valence-electron chi connectivity index (χ3n) is 3.48. The molecule has 1 aliphatic carbocycles. The quantitative estimate of drug-likeness (QED) is 0.839. The average Bonchev–Trinajstić information content (AvgIpc) is 2.73. The van der Waals surface area contributed by atoms with Gasteiger partial charge in [0, 0.05) is 11.3 Å². The highest BCUT2D eigenvalue weighted by Gasteiger charge is 2.20. The van der Waals surface area contributed by atoms with Crippen molar-refractivity contribution in [3.8, 4) is 0 Å². The lowest BCUT2D eigenvalue weighted by Crippen LogP contribution is -2.22. The van der Waals surface area contributed by atoms with Crippen LogP contribution in [0.25, 0.3) is 0 Å². The summed E-state index contributed by atoms with van der Waals surface area (Å²) in [5, 5.41) is 4.46. The second kappa shape index (κ2) is 5.74. The van der Waals surface area contributed by atoms with E-state index in [1.165, 1.54) is 30.4 Å². The number of hydrogen-bond acceptors (Lipinski definition) is 2. The zero-order chi connectivity index (χ0) is 11.4. The number of thioether (sulfide) groups is 1. The lowest BCUT2D eigenvalue weighted by molar-refractivity contribution is 0.520. The zero-order valence-electron chi connectivity index (χ0n) is 10.2. The fraction of sp³-hybridized carbons (Fsp3) is 0.571. The summed E-state index contributed by atoms with van der Waals surface area (Å²) in [6.45, 7) is 3.44. The highest BCUT2D eigenvalue weighted by atomic mass is 32.2. The standard InChI is InChI=1S/C14H21NS/c1-11(16-2)9-10-15-14-8-7-12-5-3-4-6-13(12)14/h3-6,11,14-15H,7-10H2,1-2H3. The van der Waals surface area contributed by atoms with E-state index < -0.39 is 0 Å². The molecule has 1 aromatic carbocycles. The van der Waals surface area contributed by atoms with Crippen LogP contribution in [0.15, 0.2) is 24.3 Å². The molecule has 0 heterocycles. The van der Waals surface area contributed by atoms with E-state index in [0.29, 0.717) is 6.04 Å². The van der Waals surface area contributed by atoms with Crippen LogP contribution >= 0.6 is 11.8 Å². The molecule has 1 aliphatic rings. The molecule has 0 aromatic heterocycles. The molecule has 1 nitrogen and oxygen atoms in total. The Labute approximate surface area is 103 Å². The van der Waals surface area contributed by atoms with Crippen LogP contribution in [0.4, 0.5) is 0 Å². The highest BCUT2D eigenvalue weighted by molar-refractivity contribution is 7.99. The third-order valence-corrected chi connectivity index (χ3v) is 4.52. The molecule has 2 rings (SSSR count). The van der Waals surface area contributed by atoms with Gasteiger partial charge in [-0.2, -0.15) is 11.8 Å². The van der Waals surface area contributed by atoms with Crippen LogP contribution in [0.1, 0.15) is 36.9 Å². The van der Waals surface area contributed by atoms with Crippen molar-refractivity contribution in [1.82, 2.24) is 5.32 Å². The van der Waals surface area contributed by atoms with Gasteiger partial charge in [-0.3, -0.25) is 0 Å². The molecule has 2 heteroatoms. The van der Waals surface area contributed by atoms with Crippen molar-refractivity contribution < 1.29 is 0 Å². The number of hydrogen-bond donors (Lipinski definition) is 1. The zero-order valence-corrected chi connectivity index (χ0v) is 11.0.